The smallest absolute Gasteiger partial charge is 0.165 e. The molecule has 0 saturated carbocycles. The number of halogens is 1. The van der Waals surface area contributed by atoms with E-state index >= 15 is 0 Å². The zero-order chi connectivity index (χ0) is 9.68. The molecule has 0 aliphatic heterocycles. The van der Waals surface area contributed by atoms with Crippen LogP contribution in [0.3, 0.4) is 0 Å². The first kappa shape index (κ1) is 9.92. The van der Waals surface area contributed by atoms with Gasteiger partial charge in [-0.25, -0.2) is 9.37 Å². The summed E-state index contributed by atoms with van der Waals surface area (Å²) in [6.45, 7) is 2.53. The van der Waals surface area contributed by atoms with E-state index in [4.69, 9.17) is 5.73 Å². The van der Waals surface area contributed by atoms with E-state index in [1.54, 1.807) is 12.3 Å². The predicted molar refractivity (Wildman–Crippen MR) is 51.0 cm³/mol. The van der Waals surface area contributed by atoms with Gasteiger partial charge in [-0.3, -0.25) is 0 Å². The Balaban J connectivity index is 2.50. The molecule has 1 rings (SSSR count). The van der Waals surface area contributed by atoms with Gasteiger partial charge in [0.2, 0.25) is 0 Å². The first-order chi connectivity index (χ1) is 6.24. The molecule has 3 N–H and O–H groups in total. The fourth-order valence-electron chi connectivity index (χ4n) is 0.888. The number of nitrogens with two attached hydrogens (primary N) is 1. The van der Waals surface area contributed by atoms with Crippen LogP contribution >= 0.6 is 0 Å². The van der Waals surface area contributed by atoms with Gasteiger partial charge in [0.25, 0.3) is 0 Å². The zero-order valence-corrected chi connectivity index (χ0v) is 7.63. The van der Waals surface area contributed by atoms with E-state index in [2.05, 4.69) is 10.3 Å². The molecule has 1 unspecified atom stereocenters. The van der Waals surface area contributed by atoms with Crippen LogP contribution in [-0.4, -0.2) is 17.6 Å². The van der Waals surface area contributed by atoms with E-state index in [1.807, 2.05) is 6.92 Å². The highest BCUT2D eigenvalue weighted by Gasteiger charge is 2.03. The number of pyridine rings is 1. The Morgan fingerprint density at radius 2 is 2.46 bits per heavy atom. The van der Waals surface area contributed by atoms with Gasteiger partial charge < -0.3 is 11.1 Å². The van der Waals surface area contributed by atoms with Gasteiger partial charge in [-0.2, -0.15) is 0 Å². The summed E-state index contributed by atoms with van der Waals surface area (Å²) in [5.74, 6) is -0.0720. The Morgan fingerprint density at radius 1 is 1.69 bits per heavy atom. The normalized spacial score (nSPS) is 12.5. The summed E-state index contributed by atoms with van der Waals surface area (Å²) in [6.07, 6.45) is 2.41. The highest BCUT2D eigenvalue weighted by Crippen LogP contribution is 2.07. The van der Waals surface area contributed by atoms with Crippen molar-refractivity contribution in [3.8, 4) is 0 Å². The molecule has 0 aliphatic rings. The van der Waals surface area contributed by atoms with E-state index < -0.39 is 0 Å². The molecule has 72 valence electrons. The van der Waals surface area contributed by atoms with Crippen molar-refractivity contribution >= 4 is 5.82 Å². The van der Waals surface area contributed by atoms with Crippen molar-refractivity contribution in [1.29, 1.82) is 0 Å². The molecule has 1 heterocycles. The molecule has 0 radical (unpaired) electrons. The van der Waals surface area contributed by atoms with Crippen LogP contribution in [-0.2, 0) is 0 Å². The summed E-state index contributed by atoms with van der Waals surface area (Å²) < 4.78 is 13.0. The largest absolute Gasteiger partial charge is 0.366 e. The standard InChI is InChI=1S/C9H14FN3/c1-2-7(11)6-13-9-8(10)4-3-5-12-9/h3-5,7H,2,6,11H2,1H3,(H,12,13). The second-order valence-electron chi connectivity index (χ2n) is 2.88. The average Bonchev–Trinajstić information content (AvgIpc) is 2.16. The van der Waals surface area contributed by atoms with Crippen molar-refractivity contribution in [2.45, 2.75) is 19.4 Å². The lowest BCUT2D eigenvalue weighted by Gasteiger charge is -2.10. The molecule has 1 aromatic heterocycles. The summed E-state index contributed by atoms with van der Waals surface area (Å²) >= 11 is 0. The number of nitrogens with one attached hydrogen (secondary N) is 1. The minimum absolute atomic E-state index is 0.0430. The summed E-state index contributed by atoms with van der Waals surface area (Å²) in [6, 6.07) is 2.97. The van der Waals surface area contributed by atoms with Gasteiger partial charge in [0, 0.05) is 18.8 Å². The Kier molecular flexibility index (Phi) is 3.64. The van der Waals surface area contributed by atoms with E-state index in [0.717, 1.165) is 6.42 Å². The summed E-state index contributed by atoms with van der Waals surface area (Å²) in [7, 11) is 0. The van der Waals surface area contributed by atoms with Gasteiger partial charge in [0.1, 0.15) is 0 Å². The van der Waals surface area contributed by atoms with E-state index in [9.17, 15) is 4.39 Å². The van der Waals surface area contributed by atoms with Gasteiger partial charge in [-0.05, 0) is 18.6 Å². The Labute approximate surface area is 77.2 Å². The van der Waals surface area contributed by atoms with Crippen LogP contribution in [0.4, 0.5) is 10.2 Å². The lowest BCUT2D eigenvalue weighted by atomic mass is 10.2. The lowest BCUT2D eigenvalue weighted by molar-refractivity contribution is 0.618. The number of aromatic nitrogens is 1. The maximum absolute atomic E-state index is 13.0. The molecule has 0 fully saturated rings. The third-order valence-electron chi connectivity index (χ3n) is 1.81. The van der Waals surface area contributed by atoms with Gasteiger partial charge in [-0.15, -0.1) is 0 Å². The van der Waals surface area contributed by atoms with Gasteiger partial charge in [0.05, 0.1) is 0 Å². The molecular formula is C9H14FN3. The molecule has 0 amide bonds. The van der Waals surface area contributed by atoms with E-state index in [1.165, 1.54) is 6.07 Å². The minimum atomic E-state index is -0.342. The molecule has 4 heteroatoms. The fraction of sp³-hybridized carbons (Fsp3) is 0.444. The minimum Gasteiger partial charge on any atom is -0.366 e. The summed E-state index contributed by atoms with van der Waals surface area (Å²) in [4.78, 5) is 3.84. The molecule has 0 spiro atoms. The van der Waals surface area contributed by atoms with Gasteiger partial charge >= 0.3 is 0 Å². The number of anilines is 1. The summed E-state index contributed by atoms with van der Waals surface area (Å²) in [5.41, 5.74) is 5.66. The third kappa shape index (κ3) is 2.99. The fourth-order valence-corrected chi connectivity index (χ4v) is 0.888. The topological polar surface area (TPSA) is 50.9 Å². The Hall–Kier alpha value is -1.16. The molecule has 0 bridgehead atoms. The quantitative estimate of drug-likeness (QED) is 0.741. The van der Waals surface area contributed by atoms with Crippen molar-refractivity contribution in [3.05, 3.63) is 24.1 Å². The van der Waals surface area contributed by atoms with Crippen molar-refractivity contribution in [2.24, 2.45) is 5.73 Å². The highest BCUT2D eigenvalue weighted by atomic mass is 19.1. The highest BCUT2D eigenvalue weighted by molar-refractivity contribution is 5.35. The van der Waals surface area contributed by atoms with Gasteiger partial charge in [0.15, 0.2) is 11.6 Å². The van der Waals surface area contributed by atoms with Crippen LogP contribution in [0.5, 0.6) is 0 Å². The monoisotopic (exact) mass is 183 g/mol. The van der Waals surface area contributed by atoms with Crippen molar-refractivity contribution in [2.75, 3.05) is 11.9 Å². The SMILES string of the molecule is CCC(N)CNc1ncccc1F. The molecule has 0 aliphatic carbocycles. The van der Waals surface area contributed by atoms with Crippen LogP contribution in [0.15, 0.2) is 18.3 Å². The molecule has 3 nitrogen and oxygen atoms in total. The Morgan fingerprint density at radius 3 is 3.08 bits per heavy atom. The number of hydrogen-bond acceptors (Lipinski definition) is 3. The Bertz CT molecular complexity index is 265. The van der Waals surface area contributed by atoms with Crippen molar-refractivity contribution < 1.29 is 4.39 Å². The third-order valence-corrected chi connectivity index (χ3v) is 1.81. The van der Waals surface area contributed by atoms with Crippen LogP contribution in [0.1, 0.15) is 13.3 Å². The van der Waals surface area contributed by atoms with E-state index in [0.29, 0.717) is 6.54 Å². The average molecular weight is 183 g/mol. The van der Waals surface area contributed by atoms with Gasteiger partial charge in [-0.1, -0.05) is 6.92 Å². The van der Waals surface area contributed by atoms with Crippen LogP contribution in [0, 0.1) is 5.82 Å². The second-order valence-corrected chi connectivity index (χ2v) is 2.88. The number of rotatable bonds is 4. The number of hydrogen-bond donors (Lipinski definition) is 2. The maximum Gasteiger partial charge on any atom is 0.165 e. The van der Waals surface area contributed by atoms with Crippen molar-refractivity contribution in [3.63, 3.8) is 0 Å². The van der Waals surface area contributed by atoms with Crippen LogP contribution < -0.4 is 11.1 Å². The first-order valence-corrected chi connectivity index (χ1v) is 4.34. The predicted octanol–water partition coefficient (Wildman–Crippen LogP) is 1.37. The van der Waals surface area contributed by atoms with Crippen LogP contribution in [0.2, 0.25) is 0 Å². The number of nitrogens with zero attached hydrogens (tertiary/aromatic N) is 1. The molecule has 13 heavy (non-hydrogen) atoms. The molecular weight excluding hydrogens is 169 g/mol. The summed E-state index contributed by atoms with van der Waals surface area (Å²) in [5, 5.41) is 2.85. The molecule has 0 saturated heterocycles. The molecule has 0 aromatic carbocycles. The zero-order valence-electron chi connectivity index (χ0n) is 7.63. The molecule has 1 aromatic rings. The van der Waals surface area contributed by atoms with Crippen molar-refractivity contribution in [1.82, 2.24) is 4.98 Å². The first-order valence-electron chi connectivity index (χ1n) is 4.34. The van der Waals surface area contributed by atoms with Crippen LogP contribution in [0.25, 0.3) is 0 Å². The lowest BCUT2D eigenvalue weighted by Crippen LogP contribution is -2.28. The van der Waals surface area contributed by atoms with E-state index in [-0.39, 0.29) is 17.7 Å². The molecule has 1 atom stereocenters. The maximum atomic E-state index is 13.0. The second kappa shape index (κ2) is 4.77.